The third kappa shape index (κ3) is 5.10. The molecule has 9 nitrogen and oxygen atoms in total. The zero-order valence-corrected chi connectivity index (χ0v) is 20.4. The van der Waals surface area contributed by atoms with E-state index >= 15 is 0 Å². The van der Waals surface area contributed by atoms with Crippen molar-refractivity contribution in [3.8, 4) is 23.0 Å². The second-order valence-electron chi connectivity index (χ2n) is 7.87. The molecule has 9 heteroatoms. The monoisotopic (exact) mass is 489 g/mol. The van der Waals surface area contributed by atoms with Crippen molar-refractivity contribution in [2.75, 3.05) is 27.4 Å². The molecule has 0 aromatic heterocycles. The number of para-hydroxylation sites is 1. The lowest BCUT2D eigenvalue weighted by Crippen LogP contribution is -2.38. The standard InChI is InChI=1S/C27H27N3O6/c1-5-8-19-9-6-7-10-21(19)34-11-12-35-25-22(32-3)15-18(16-23(25)33-4)14-20-26(28)30-24(29-27(20)31)13-17(2)36-30/h5-7,9-10,13-16,28H,1,8,11-12H2,2-4H3/b20-14+,28-26?. The van der Waals surface area contributed by atoms with Gasteiger partial charge in [-0.15, -0.1) is 11.6 Å². The van der Waals surface area contributed by atoms with Gasteiger partial charge in [-0.25, -0.2) is 0 Å². The number of amides is 1. The maximum atomic E-state index is 12.6. The Kier molecular flexibility index (Phi) is 7.39. The van der Waals surface area contributed by atoms with Crippen molar-refractivity contribution in [1.82, 2.24) is 5.06 Å². The molecule has 1 amide bonds. The van der Waals surface area contributed by atoms with Crippen molar-refractivity contribution >= 4 is 23.7 Å². The molecule has 0 bridgehead atoms. The molecule has 2 aliphatic heterocycles. The number of nitrogens with one attached hydrogen (secondary N) is 1. The van der Waals surface area contributed by atoms with E-state index in [0.29, 0.717) is 41.6 Å². The molecule has 0 spiro atoms. The second-order valence-corrected chi connectivity index (χ2v) is 7.87. The van der Waals surface area contributed by atoms with E-state index in [1.807, 2.05) is 30.3 Å². The van der Waals surface area contributed by atoms with Crippen LogP contribution in [0.1, 0.15) is 18.1 Å². The number of carbonyl (C=O) groups is 1. The number of aliphatic imine (C=N–C) groups is 1. The average Bonchev–Trinajstić information content (AvgIpc) is 3.25. The molecule has 4 rings (SSSR count). The zero-order valence-electron chi connectivity index (χ0n) is 20.4. The smallest absolute Gasteiger partial charge is 0.282 e. The Balaban J connectivity index is 1.50. The molecule has 2 heterocycles. The van der Waals surface area contributed by atoms with Crippen LogP contribution in [0.5, 0.6) is 23.0 Å². The SMILES string of the molecule is C=CCc1ccccc1OCCOc1c(OC)cc(/C=C2\C(=N)N3OC(C)=CC3=NC2=O)cc1OC. The molecular weight excluding hydrogens is 462 g/mol. The third-order valence-electron chi connectivity index (χ3n) is 5.40. The summed E-state index contributed by atoms with van der Waals surface area (Å²) in [7, 11) is 3.02. The first-order valence-corrected chi connectivity index (χ1v) is 11.3. The van der Waals surface area contributed by atoms with Gasteiger partial charge in [-0.2, -0.15) is 4.99 Å². The highest BCUT2D eigenvalue weighted by atomic mass is 16.7. The summed E-state index contributed by atoms with van der Waals surface area (Å²) in [5.74, 6) is 2.18. The number of ether oxygens (including phenoxy) is 4. The van der Waals surface area contributed by atoms with E-state index in [9.17, 15) is 4.79 Å². The fourth-order valence-electron chi connectivity index (χ4n) is 3.76. The molecule has 0 aliphatic carbocycles. The average molecular weight is 490 g/mol. The summed E-state index contributed by atoms with van der Waals surface area (Å²) in [6.45, 7) is 6.06. The van der Waals surface area contributed by atoms with Gasteiger partial charge in [-0.05, 0) is 48.7 Å². The molecule has 186 valence electrons. The van der Waals surface area contributed by atoms with Crippen molar-refractivity contribution in [2.24, 2.45) is 4.99 Å². The number of hydrogen-bond donors (Lipinski definition) is 1. The van der Waals surface area contributed by atoms with Gasteiger partial charge in [0, 0.05) is 6.08 Å². The van der Waals surface area contributed by atoms with Crippen LogP contribution in [0.25, 0.3) is 6.08 Å². The molecule has 2 aromatic rings. The summed E-state index contributed by atoms with van der Waals surface area (Å²) >= 11 is 0. The summed E-state index contributed by atoms with van der Waals surface area (Å²) in [6, 6.07) is 11.2. The molecule has 0 unspecified atom stereocenters. The van der Waals surface area contributed by atoms with E-state index in [2.05, 4.69) is 11.6 Å². The second kappa shape index (κ2) is 10.8. The quantitative estimate of drug-likeness (QED) is 0.301. The Morgan fingerprint density at radius 3 is 2.47 bits per heavy atom. The number of nitrogens with zero attached hydrogens (tertiary/aromatic N) is 2. The minimum absolute atomic E-state index is 0.0752. The van der Waals surface area contributed by atoms with Crippen LogP contribution < -0.4 is 18.9 Å². The maximum Gasteiger partial charge on any atom is 0.282 e. The summed E-state index contributed by atoms with van der Waals surface area (Å²) < 4.78 is 22.9. The first kappa shape index (κ1) is 24.6. The first-order chi connectivity index (χ1) is 17.4. The predicted octanol–water partition coefficient (Wildman–Crippen LogP) is 4.34. The number of methoxy groups -OCH3 is 2. The molecule has 2 aliphatic rings. The minimum Gasteiger partial charge on any atom is -0.493 e. The zero-order chi connectivity index (χ0) is 25.7. The van der Waals surface area contributed by atoms with E-state index in [-0.39, 0.29) is 23.9 Å². The molecule has 0 radical (unpaired) electrons. The Labute approximate surface area is 209 Å². The van der Waals surface area contributed by atoms with Gasteiger partial charge < -0.3 is 23.8 Å². The van der Waals surface area contributed by atoms with Crippen molar-refractivity contribution in [2.45, 2.75) is 13.3 Å². The predicted molar refractivity (Wildman–Crippen MR) is 136 cm³/mol. The van der Waals surface area contributed by atoms with Crippen LogP contribution in [-0.4, -0.2) is 50.1 Å². The van der Waals surface area contributed by atoms with Crippen LogP contribution in [0.2, 0.25) is 0 Å². The lowest BCUT2D eigenvalue weighted by atomic mass is 10.1. The molecule has 0 fully saturated rings. The maximum absolute atomic E-state index is 12.6. The van der Waals surface area contributed by atoms with Gasteiger partial charge in [-0.3, -0.25) is 10.2 Å². The van der Waals surface area contributed by atoms with E-state index in [1.165, 1.54) is 25.4 Å². The van der Waals surface area contributed by atoms with Gasteiger partial charge >= 0.3 is 0 Å². The number of amidine groups is 2. The fraction of sp³-hybridized carbons (Fsp3) is 0.222. The topological polar surface area (TPSA) is 103 Å². The van der Waals surface area contributed by atoms with Crippen molar-refractivity contribution in [3.63, 3.8) is 0 Å². The van der Waals surface area contributed by atoms with E-state index in [1.54, 1.807) is 25.1 Å². The van der Waals surface area contributed by atoms with Crippen LogP contribution in [-0.2, 0) is 16.1 Å². The number of allylic oxidation sites excluding steroid dienone is 2. The van der Waals surface area contributed by atoms with Gasteiger partial charge in [0.25, 0.3) is 5.91 Å². The number of hydrogen-bond acceptors (Lipinski definition) is 7. The lowest BCUT2D eigenvalue weighted by Gasteiger charge is -2.23. The Hall–Kier alpha value is -4.53. The Morgan fingerprint density at radius 2 is 1.78 bits per heavy atom. The van der Waals surface area contributed by atoms with E-state index in [0.717, 1.165) is 11.3 Å². The summed E-state index contributed by atoms with van der Waals surface area (Å²) in [6.07, 6.45) is 5.68. The molecule has 0 saturated heterocycles. The highest BCUT2D eigenvalue weighted by molar-refractivity contribution is 6.32. The van der Waals surface area contributed by atoms with Gasteiger partial charge in [0.05, 0.1) is 19.8 Å². The number of carbonyl (C=O) groups excluding carboxylic acids is 1. The van der Waals surface area contributed by atoms with Gasteiger partial charge in [0.2, 0.25) is 5.75 Å². The van der Waals surface area contributed by atoms with Gasteiger partial charge in [-0.1, -0.05) is 24.3 Å². The van der Waals surface area contributed by atoms with Crippen molar-refractivity contribution in [1.29, 1.82) is 5.41 Å². The van der Waals surface area contributed by atoms with Crippen LogP contribution in [0, 0.1) is 5.41 Å². The fourth-order valence-corrected chi connectivity index (χ4v) is 3.76. The molecule has 2 aromatic carbocycles. The Morgan fingerprint density at radius 1 is 1.08 bits per heavy atom. The molecule has 0 saturated carbocycles. The first-order valence-electron chi connectivity index (χ1n) is 11.3. The van der Waals surface area contributed by atoms with Crippen molar-refractivity contribution < 1.29 is 28.6 Å². The highest BCUT2D eigenvalue weighted by Crippen LogP contribution is 2.39. The van der Waals surface area contributed by atoms with E-state index < -0.39 is 5.91 Å². The summed E-state index contributed by atoms with van der Waals surface area (Å²) in [5.41, 5.74) is 1.69. The minimum atomic E-state index is -0.534. The number of fused-ring (bicyclic) bond motifs is 1. The van der Waals surface area contributed by atoms with E-state index in [4.69, 9.17) is 29.2 Å². The van der Waals surface area contributed by atoms with Crippen LogP contribution in [0.15, 0.2) is 71.5 Å². The largest absolute Gasteiger partial charge is 0.493 e. The van der Waals surface area contributed by atoms with Crippen LogP contribution >= 0.6 is 0 Å². The summed E-state index contributed by atoms with van der Waals surface area (Å²) in [5, 5.41) is 9.61. The normalized spacial score (nSPS) is 15.6. The Bertz CT molecular complexity index is 1270. The van der Waals surface area contributed by atoms with Crippen LogP contribution in [0.3, 0.4) is 0 Å². The molecular formula is C27H27N3O6. The van der Waals surface area contributed by atoms with Crippen molar-refractivity contribution in [3.05, 3.63) is 77.6 Å². The molecule has 1 N–H and O–H groups in total. The highest BCUT2D eigenvalue weighted by Gasteiger charge is 2.34. The molecule has 0 atom stereocenters. The van der Waals surface area contributed by atoms with Gasteiger partial charge in [0.1, 0.15) is 24.7 Å². The molecule has 36 heavy (non-hydrogen) atoms. The van der Waals surface area contributed by atoms with Gasteiger partial charge in [0.15, 0.2) is 23.2 Å². The van der Waals surface area contributed by atoms with Crippen LogP contribution in [0.4, 0.5) is 0 Å². The third-order valence-corrected chi connectivity index (χ3v) is 5.40. The number of hydroxylamine groups is 2. The number of benzene rings is 2. The number of rotatable bonds is 10. The summed E-state index contributed by atoms with van der Waals surface area (Å²) in [4.78, 5) is 22.1. The lowest BCUT2D eigenvalue weighted by molar-refractivity contribution is -0.114.